The molecule has 0 fully saturated rings. The second kappa shape index (κ2) is 9.50. The molecule has 0 N–H and O–H groups in total. The monoisotopic (exact) mass is 455 g/mol. The molecule has 7 heteroatoms. The summed E-state index contributed by atoms with van der Waals surface area (Å²) in [5.74, 6) is 2.42. The Morgan fingerprint density at radius 1 is 0.909 bits per heavy atom. The van der Waals surface area contributed by atoms with Crippen LogP contribution in [-0.2, 0) is 18.7 Å². The minimum Gasteiger partial charge on any atom is -0.497 e. The summed E-state index contributed by atoms with van der Waals surface area (Å²) in [5.41, 5.74) is 5.50. The Bertz CT molecular complexity index is 1360. The molecular formula is C26H25N5OS. The van der Waals surface area contributed by atoms with Crippen LogP contribution < -0.4 is 4.74 Å². The third-order valence-electron chi connectivity index (χ3n) is 5.53. The molecule has 5 rings (SSSR count). The molecular weight excluding hydrogens is 430 g/mol. The van der Waals surface area contributed by atoms with E-state index < -0.39 is 0 Å². The molecule has 0 saturated heterocycles. The average molecular weight is 456 g/mol. The number of nitrogens with zero attached hydrogens (tertiary/aromatic N) is 5. The molecule has 0 bridgehead atoms. The highest BCUT2D eigenvalue weighted by atomic mass is 32.2. The fraction of sp³-hybridized carbons (Fsp3) is 0.192. The Labute approximate surface area is 197 Å². The van der Waals surface area contributed by atoms with Crippen molar-refractivity contribution in [3.05, 3.63) is 95.9 Å². The van der Waals surface area contributed by atoms with E-state index in [1.807, 2.05) is 36.4 Å². The lowest BCUT2D eigenvalue weighted by Gasteiger charge is -2.10. The SMILES string of the molecule is COc1ccc(-c2nnc(SCc3cn4cc(C)ccc4n3)n2CCc2ccccc2)cc1. The highest BCUT2D eigenvalue weighted by molar-refractivity contribution is 7.98. The number of imidazole rings is 1. The van der Waals surface area contributed by atoms with Gasteiger partial charge in [0, 0.05) is 30.3 Å². The predicted octanol–water partition coefficient (Wildman–Crippen LogP) is 5.44. The number of fused-ring (bicyclic) bond motifs is 1. The quantitative estimate of drug-likeness (QED) is 0.292. The molecule has 3 aromatic heterocycles. The van der Waals surface area contributed by atoms with Gasteiger partial charge in [-0.3, -0.25) is 0 Å². The summed E-state index contributed by atoms with van der Waals surface area (Å²) in [4.78, 5) is 4.75. The molecule has 0 atom stereocenters. The second-order valence-corrected chi connectivity index (χ2v) is 8.86. The first-order valence-corrected chi connectivity index (χ1v) is 11.9. The fourth-order valence-corrected chi connectivity index (χ4v) is 4.65. The minimum absolute atomic E-state index is 0.729. The highest BCUT2D eigenvalue weighted by Crippen LogP contribution is 2.28. The third-order valence-corrected chi connectivity index (χ3v) is 6.53. The summed E-state index contributed by atoms with van der Waals surface area (Å²) in [7, 11) is 1.67. The van der Waals surface area contributed by atoms with Crippen molar-refractivity contribution in [3.8, 4) is 17.1 Å². The van der Waals surface area contributed by atoms with Crippen molar-refractivity contribution in [3.63, 3.8) is 0 Å². The summed E-state index contributed by atoms with van der Waals surface area (Å²) in [5, 5.41) is 9.98. The molecule has 0 amide bonds. The van der Waals surface area contributed by atoms with E-state index in [2.05, 4.69) is 68.8 Å². The van der Waals surface area contributed by atoms with Gasteiger partial charge in [-0.05, 0) is 54.8 Å². The molecule has 3 heterocycles. The maximum Gasteiger partial charge on any atom is 0.191 e. The lowest BCUT2D eigenvalue weighted by molar-refractivity contribution is 0.415. The van der Waals surface area contributed by atoms with Crippen LogP contribution in [0.5, 0.6) is 5.75 Å². The van der Waals surface area contributed by atoms with E-state index in [4.69, 9.17) is 9.72 Å². The van der Waals surface area contributed by atoms with Crippen LogP contribution in [0.15, 0.2) is 84.3 Å². The predicted molar refractivity (Wildman–Crippen MR) is 132 cm³/mol. The molecule has 0 aliphatic rings. The first-order valence-electron chi connectivity index (χ1n) is 10.9. The van der Waals surface area contributed by atoms with Crippen LogP contribution in [0.3, 0.4) is 0 Å². The van der Waals surface area contributed by atoms with Crippen molar-refractivity contribution < 1.29 is 4.74 Å². The van der Waals surface area contributed by atoms with Crippen molar-refractivity contribution in [2.24, 2.45) is 0 Å². The van der Waals surface area contributed by atoms with Gasteiger partial charge in [0.1, 0.15) is 11.4 Å². The summed E-state index contributed by atoms with van der Waals surface area (Å²) in [6, 6.07) is 22.6. The number of benzene rings is 2. The number of methoxy groups -OCH3 is 1. The van der Waals surface area contributed by atoms with E-state index >= 15 is 0 Å². The molecule has 0 saturated carbocycles. The van der Waals surface area contributed by atoms with Gasteiger partial charge in [0.2, 0.25) is 0 Å². The molecule has 0 aliphatic heterocycles. The zero-order valence-corrected chi connectivity index (χ0v) is 19.5. The van der Waals surface area contributed by atoms with Crippen LogP contribution in [0.1, 0.15) is 16.8 Å². The normalized spacial score (nSPS) is 11.2. The number of aryl methyl sites for hydroxylation is 2. The van der Waals surface area contributed by atoms with E-state index in [1.165, 1.54) is 11.1 Å². The molecule has 6 nitrogen and oxygen atoms in total. The molecule has 0 unspecified atom stereocenters. The van der Waals surface area contributed by atoms with Crippen LogP contribution >= 0.6 is 11.8 Å². The van der Waals surface area contributed by atoms with Gasteiger partial charge in [0.05, 0.1) is 12.8 Å². The van der Waals surface area contributed by atoms with Gasteiger partial charge in [-0.1, -0.05) is 48.2 Å². The van der Waals surface area contributed by atoms with Gasteiger partial charge in [-0.25, -0.2) is 4.98 Å². The Kier molecular flexibility index (Phi) is 6.13. The standard InChI is InChI=1S/C26H25N5OS/c1-19-8-13-24-27-22(17-30(24)16-19)18-33-26-29-28-25(21-9-11-23(32-2)12-10-21)31(26)15-14-20-6-4-3-5-7-20/h3-13,16-17H,14-15,18H2,1-2H3. The molecule has 2 aromatic carbocycles. The second-order valence-electron chi connectivity index (χ2n) is 7.91. The summed E-state index contributed by atoms with van der Waals surface area (Å²) in [6.45, 7) is 2.88. The molecule has 0 spiro atoms. The van der Waals surface area contributed by atoms with E-state index in [1.54, 1.807) is 18.9 Å². The summed E-state index contributed by atoms with van der Waals surface area (Å²) >= 11 is 1.67. The maximum absolute atomic E-state index is 5.31. The Balaban J connectivity index is 1.41. The molecule has 0 radical (unpaired) electrons. The lowest BCUT2D eigenvalue weighted by atomic mass is 10.1. The third kappa shape index (κ3) is 4.78. The van der Waals surface area contributed by atoms with Crippen molar-refractivity contribution in [1.29, 1.82) is 0 Å². The Morgan fingerprint density at radius 3 is 2.52 bits per heavy atom. The van der Waals surface area contributed by atoms with Crippen molar-refractivity contribution >= 4 is 17.4 Å². The van der Waals surface area contributed by atoms with Gasteiger partial charge >= 0.3 is 0 Å². The first-order chi connectivity index (χ1) is 16.2. The summed E-state index contributed by atoms with van der Waals surface area (Å²) in [6.07, 6.45) is 5.09. The van der Waals surface area contributed by atoms with E-state index in [0.717, 1.165) is 52.4 Å². The topological polar surface area (TPSA) is 57.2 Å². The number of ether oxygens (including phenoxy) is 1. The minimum atomic E-state index is 0.729. The van der Waals surface area contributed by atoms with Crippen LogP contribution in [0.2, 0.25) is 0 Å². The largest absolute Gasteiger partial charge is 0.497 e. The van der Waals surface area contributed by atoms with Crippen LogP contribution in [0, 0.1) is 6.92 Å². The van der Waals surface area contributed by atoms with Crippen LogP contribution in [-0.4, -0.2) is 31.3 Å². The number of hydrogen-bond acceptors (Lipinski definition) is 5. The van der Waals surface area contributed by atoms with Gasteiger partial charge in [0.15, 0.2) is 11.0 Å². The van der Waals surface area contributed by atoms with Crippen molar-refractivity contribution in [2.45, 2.75) is 30.8 Å². The number of pyridine rings is 1. The summed E-state index contributed by atoms with van der Waals surface area (Å²) < 4.78 is 9.60. The zero-order valence-electron chi connectivity index (χ0n) is 18.7. The molecule has 0 aliphatic carbocycles. The average Bonchev–Trinajstić information content (AvgIpc) is 3.45. The number of hydrogen-bond donors (Lipinski definition) is 0. The maximum atomic E-state index is 5.31. The fourth-order valence-electron chi connectivity index (χ4n) is 3.80. The van der Waals surface area contributed by atoms with Crippen LogP contribution in [0.4, 0.5) is 0 Å². The number of aromatic nitrogens is 5. The van der Waals surface area contributed by atoms with E-state index in [9.17, 15) is 0 Å². The van der Waals surface area contributed by atoms with Crippen molar-refractivity contribution in [1.82, 2.24) is 24.1 Å². The zero-order chi connectivity index (χ0) is 22.6. The molecule has 5 aromatic rings. The lowest BCUT2D eigenvalue weighted by Crippen LogP contribution is -2.05. The molecule has 33 heavy (non-hydrogen) atoms. The smallest absolute Gasteiger partial charge is 0.191 e. The van der Waals surface area contributed by atoms with E-state index in [0.29, 0.717) is 0 Å². The highest BCUT2D eigenvalue weighted by Gasteiger charge is 2.15. The first kappa shape index (κ1) is 21.3. The number of rotatable bonds is 8. The van der Waals surface area contributed by atoms with Gasteiger partial charge < -0.3 is 13.7 Å². The number of thioether (sulfide) groups is 1. The Hall–Kier alpha value is -3.58. The van der Waals surface area contributed by atoms with Gasteiger partial charge in [-0.15, -0.1) is 10.2 Å². The van der Waals surface area contributed by atoms with Gasteiger partial charge in [0.25, 0.3) is 0 Å². The Morgan fingerprint density at radius 2 is 1.73 bits per heavy atom. The molecule has 166 valence electrons. The van der Waals surface area contributed by atoms with Crippen molar-refractivity contribution in [2.75, 3.05) is 7.11 Å². The van der Waals surface area contributed by atoms with Crippen LogP contribution in [0.25, 0.3) is 17.0 Å². The van der Waals surface area contributed by atoms with E-state index in [-0.39, 0.29) is 0 Å². The van der Waals surface area contributed by atoms with Gasteiger partial charge in [-0.2, -0.15) is 0 Å².